The number of unbranched alkanes of at least 4 members (excludes halogenated alkanes) is 47. The van der Waals surface area contributed by atoms with Crippen molar-refractivity contribution in [2.45, 2.75) is 426 Å². The third-order valence-electron chi connectivity index (χ3n) is 18.2. The summed E-state index contributed by atoms with van der Waals surface area (Å²) in [4.78, 5) is 72.9. The third kappa shape index (κ3) is 72.2. The summed E-state index contributed by atoms with van der Waals surface area (Å²) in [6.45, 7) is 9.60. The molecule has 5 atom stereocenters. The molecule has 576 valence electrons. The zero-order chi connectivity index (χ0) is 71.4. The van der Waals surface area contributed by atoms with E-state index in [1.807, 2.05) is 0 Å². The summed E-state index contributed by atoms with van der Waals surface area (Å²) in [5, 5.41) is 10.6. The Morgan fingerprint density at radius 1 is 0.278 bits per heavy atom. The number of phosphoric ester groups is 2. The molecule has 3 N–H and O–H groups in total. The summed E-state index contributed by atoms with van der Waals surface area (Å²) in [7, 11) is -9.92. The minimum absolute atomic E-state index is 0.107. The van der Waals surface area contributed by atoms with Crippen molar-refractivity contribution in [1.82, 2.24) is 0 Å². The Bertz CT molecular complexity index is 1870. The molecule has 2 unspecified atom stereocenters. The SMILES string of the molecule is CCCCCCCCCCCCCCCCCCCC(=O)O[C@H](COC(=O)CCCCCCCCCCCCCCC(C)C)COP(=O)(O)OC[C@@H](O)COP(=O)(O)OC[C@@H](COC(=O)CCCCCCCCCCC(C)C)OC(=O)CCCCCCCCCCCCCCCC. The summed E-state index contributed by atoms with van der Waals surface area (Å²) in [5.41, 5.74) is 0. The molecule has 19 heteroatoms. The quantitative estimate of drug-likeness (QED) is 0.0222. The normalized spacial score (nSPS) is 14.0. The van der Waals surface area contributed by atoms with Gasteiger partial charge in [0.25, 0.3) is 0 Å². The number of carbonyl (C=O) groups excluding carboxylic acids is 4. The van der Waals surface area contributed by atoms with Crippen LogP contribution in [0.2, 0.25) is 0 Å². The lowest BCUT2D eigenvalue weighted by Crippen LogP contribution is -2.30. The van der Waals surface area contributed by atoms with E-state index < -0.39 is 97.5 Å². The van der Waals surface area contributed by atoms with Crippen LogP contribution in [0.25, 0.3) is 0 Å². The maximum atomic E-state index is 13.1. The van der Waals surface area contributed by atoms with Crippen LogP contribution in [0.4, 0.5) is 0 Å². The molecule has 17 nitrogen and oxygen atoms in total. The first-order valence-corrected chi connectivity index (χ1v) is 43.5. The molecule has 0 saturated carbocycles. The molecule has 0 bridgehead atoms. The van der Waals surface area contributed by atoms with Crippen LogP contribution in [0, 0.1) is 11.8 Å². The van der Waals surface area contributed by atoms with E-state index in [9.17, 15) is 43.2 Å². The second-order valence-electron chi connectivity index (χ2n) is 29.1. The van der Waals surface area contributed by atoms with Crippen molar-refractivity contribution >= 4 is 39.5 Å². The summed E-state index contributed by atoms with van der Waals surface area (Å²) < 4.78 is 68.6. The van der Waals surface area contributed by atoms with Crippen molar-refractivity contribution < 1.29 is 80.2 Å². The standard InChI is InChI=1S/C78H152O17P2/c1-7-9-11-13-15-17-19-21-23-24-25-27-33-37-45-51-57-63-78(83)94-73(66-88-75(80)60-54-48-42-35-31-29-28-30-34-40-46-52-58-70(3)4)68-92-96(84,85)90-64-72(79)65-91-97(86,87)93-69-74(67-89-76(81)61-55-49-43-39-38-41-47-53-59-71(5)6)95-77(82)62-56-50-44-36-32-26-22-20-18-16-14-12-10-8-2/h70-74,79H,7-69H2,1-6H3,(H,84,85)(H,86,87)/t72-,73-,74-/m1/s1. The maximum absolute atomic E-state index is 13.1. The van der Waals surface area contributed by atoms with Gasteiger partial charge in [-0.3, -0.25) is 37.3 Å². The van der Waals surface area contributed by atoms with E-state index in [2.05, 4.69) is 41.5 Å². The topological polar surface area (TPSA) is 237 Å². The molecule has 0 aromatic rings. The number of ether oxygens (including phenoxy) is 4. The highest BCUT2D eigenvalue weighted by Gasteiger charge is 2.30. The van der Waals surface area contributed by atoms with Gasteiger partial charge in [-0.1, -0.05) is 356 Å². The lowest BCUT2D eigenvalue weighted by atomic mass is 10.0. The number of esters is 4. The largest absolute Gasteiger partial charge is 0.472 e. The highest BCUT2D eigenvalue weighted by Crippen LogP contribution is 2.45. The van der Waals surface area contributed by atoms with E-state index in [1.165, 1.54) is 225 Å². The fourth-order valence-electron chi connectivity index (χ4n) is 12.0. The van der Waals surface area contributed by atoms with Crippen molar-refractivity contribution in [3.05, 3.63) is 0 Å². The van der Waals surface area contributed by atoms with Gasteiger partial charge in [0.15, 0.2) is 12.2 Å². The highest BCUT2D eigenvalue weighted by molar-refractivity contribution is 7.47. The summed E-state index contributed by atoms with van der Waals surface area (Å²) in [5.74, 6) is -0.603. The van der Waals surface area contributed by atoms with E-state index >= 15 is 0 Å². The van der Waals surface area contributed by atoms with Crippen molar-refractivity contribution in [2.75, 3.05) is 39.6 Å². The van der Waals surface area contributed by atoms with E-state index in [0.717, 1.165) is 102 Å². The molecule has 0 heterocycles. The summed E-state index contributed by atoms with van der Waals surface area (Å²) >= 11 is 0. The lowest BCUT2D eigenvalue weighted by Gasteiger charge is -2.21. The van der Waals surface area contributed by atoms with Crippen molar-refractivity contribution in [2.24, 2.45) is 11.8 Å². The molecular formula is C78H152O17P2. The van der Waals surface area contributed by atoms with E-state index in [4.69, 9.17) is 37.0 Å². The first-order valence-electron chi connectivity index (χ1n) is 40.5. The van der Waals surface area contributed by atoms with Gasteiger partial charge in [-0.25, -0.2) is 9.13 Å². The first kappa shape index (κ1) is 95.1. The summed E-state index contributed by atoms with van der Waals surface area (Å²) in [6.07, 6.45) is 58.2. The molecule has 0 amide bonds. The van der Waals surface area contributed by atoms with Crippen LogP contribution < -0.4 is 0 Å². The number of phosphoric acid groups is 2. The smallest absolute Gasteiger partial charge is 0.462 e. The zero-order valence-electron chi connectivity index (χ0n) is 63.4. The number of carbonyl (C=O) groups is 4. The Balaban J connectivity index is 5.26. The molecule has 0 aliphatic carbocycles. The molecule has 0 aliphatic rings. The molecule has 0 saturated heterocycles. The van der Waals surface area contributed by atoms with Crippen LogP contribution >= 0.6 is 15.6 Å². The molecule has 0 spiro atoms. The molecular weight excluding hydrogens is 1270 g/mol. The van der Waals surface area contributed by atoms with Crippen LogP contribution in [0.3, 0.4) is 0 Å². The van der Waals surface area contributed by atoms with Gasteiger partial charge in [-0.15, -0.1) is 0 Å². The summed E-state index contributed by atoms with van der Waals surface area (Å²) in [6, 6.07) is 0. The van der Waals surface area contributed by atoms with E-state index in [1.54, 1.807) is 0 Å². The number of rotatable bonds is 77. The van der Waals surface area contributed by atoms with Crippen LogP contribution in [-0.4, -0.2) is 96.7 Å². The minimum Gasteiger partial charge on any atom is -0.462 e. The predicted molar refractivity (Wildman–Crippen MR) is 395 cm³/mol. The number of aliphatic hydroxyl groups is 1. The van der Waals surface area contributed by atoms with Crippen LogP contribution in [0.1, 0.15) is 408 Å². The predicted octanol–water partition coefficient (Wildman–Crippen LogP) is 23.1. The van der Waals surface area contributed by atoms with Gasteiger partial charge in [0.05, 0.1) is 26.4 Å². The van der Waals surface area contributed by atoms with Crippen LogP contribution in [0.15, 0.2) is 0 Å². The Kier molecular flexibility index (Phi) is 68.4. The van der Waals surface area contributed by atoms with Gasteiger partial charge in [0.2, 0.25) is 0 Å². The Morgan fingerprint density at radius 2 is 0.474 bits per heavy atom. The van der Waals surface area contributed by atoms with Crippen molar-refractivity contribution in [3.8, 4) is 0 Å². The van der Waals surface area contributed by atoms with E-state index in [0.29, 0.717) is 25.7 Å². The highest BCUT2D eigenvalue weighted by atomic mass is 31.2. The molecule has 0 radical (unpaired) electrons. The van der Waals surface area contributed by atoms with E-state index in [-0.39, 0.29) is 25.7 Å². The number of aliphatic hydroxyl groups excluding tert-OH is 1. The molecule has 0 aromatic heterocycles. The molecule has 0 aliphatic heterocycles. The van der Waals surface area contributed by atoms with Gasteiger partial charge in [-0.05, 0) is 37.5 Å². The van der Waals surface area contributed by atoms with Gasteiger partial charge in [0, 0.05) is 25.7 Å². The fraction of sp³-hybridized carbons (Fsp3) is 0.949. The lowest BCUT2D eigenvalue weighted by molar-refractivity contribution is -0.161. The first-order chi connectivity index (χ1) is 46.9. The van der Waals surface area contributed by atoms with Crippen molar-refractivity contribution in [1.29, 1.82) is 0 Å². The minimum atomic E-state index is -4.96. The number of hydrogen-bond donors (Lipinski definition) is 3. The second-order valence-corrected chi connectivity index (χ2v) is 32.0. The third-order valence-corrected chi connectivity index (χ3v) is 20.1. The molecule has 0 rings (SSSR count). The van der Waals surface area contributed by atoms with Gasteiger partial charge < -0.3 is 33.8 Å². The zero-order valence-corrected chi connectivity index (χ0v) is 65.2. The Labute approximate surface area is 594 Å². The molecule has 0 aromatic carbocycles. The van der Waals surface area contributed by atoms with Crippen LogP contribution in [0.5, 0.6) is 0 Å². The average molecular weight is 1420 g/mol. The fourth-order valence-corrected chi connectivity index (χ4v) is 13.6. The Hall–Kier alpha value is -1.94. The second kappa shape index (κ2) is 69.8. The van der Waals surface area contributed by atoms with Crippen LogP contribution in [-0.2, 0) is 65.4 Å². The average Bonchev–Trinajstić information content (AvgIpc) is 1.46. The van der Waals surface area contributed by atoms with Gasteiger partial charge in [-0.2, -0.15) is 0 Å². The van der Waals surface area contributed by atoms with Gasteiger partial charge in [0.1, 0.15) is 19.3 Å². The van der Waals surface area contributed by atoms with Gasteiger partial charge >= 0.3 is 39.5 Å². The number of hydrogen-bond acceptors (Lipinski definition) is 15. The Morgan fingerprint density at radius 3 is 0.701 bits per heavy atom. The molecule has 0 fully saturated rings. The molecule has 97 heavy (non-hydrogen) atoms. The van der Waals surface area contributed by atoms with Crippen molar-refractivity contribution in [3.63, 3.8) is 0 Å². The monoisotopic (exact) mass is 1420 g/mol. The maximum Gasteiger partial charge on any atom is 0.472 e.